The fraction of sp³-hybridized carbons (Fsp3) is 0.158. The number of amides is 1. The zero-order valence-electron chi connectivity index (χ0n) is 13.8. The lowest BCUT2D eigenvalue weighted by atomic mass is 10.1. The van der Waals surface area contributed by atoms with Gasteiger partial charge in [0.15, 0.2) is 5.11 Å². The molecule has 1 aliphatic rings. The molecular formula is C19H18N2O2S. The molecule has 4 nitrogen and oxygen atoms in total. The standard InChI is InChI=1S/C19H18N2O2S/c1-12-8-13(2)10-15(9-12)21-18(22)17(20-19(21)24)11-14-4-6-16(23-3)7-5-14/h4-11H,1-3H3,(H,20,24). The van der Waals surface area contributed by atoms with Crippen molar-refractivity contribution in [2.45, 2.75) is 13.8 Å². The molecule has 1 N–H and O–H groups in total. The summed E-state index contributed by atoms with van der Waals surface area (Å²) in [6, 6.07) is 13.5. The van der Waals surface area contributed by atoms with Crippen molar-refractivity contribution < 1.29 is 9.53 Å². The molecule has 1 saturated heterocycles. The molecule has 0 aliphatic carbocycles. The predicted octanol–water partition coefficient (Wildman–Crippen LogP) is 3.57. The number of ether oxygens (including phenoxy) is 1. The second-order valence-corrected chi connectivity index (χ2v) is 6.13. The molecule has 24 heavy (non-hydrogen) atoms. The van der Waals surface area contributed by atoms with Gasteiger partial charge in [0.2, 0.25) is 0 Å². The van der Waals surface area contributed by atoms with Crippen molar-refractivity contribution in [3.8, 4) is 5.75 Å². The van der Waals surface area contributed by atoms with Crippen LogP contribution in [0, 0.1) is 13.8 Å². The van der Waals surface area contributed by atoms with Crippen molar-refractivity contribution in [2.24, 2.45) is 0 Å². The minimum atomic E-state index is -0.152. The third-order valence-electron chi connectivity index (χ3n) is 3.77. The van der Waals surface area contributed by atoms with Gasteiger partial charge in [-0.25, -0.2) is 0 Å². The summed E-state index contributed by atoms with van der Waals surface area (Å²) in [5.41, 5.74) is 4.33. The number of rotatable bonds is 3. The van der Waals surface area contributed by atoms with Crippen LogP contribution in [0.3, 0.4) is 0 Å². The fourth-order valence-corrected chi connectivity index (χ4v) is 3.01. The van der Waals surface area contributed by atoms with Crippen LogP contribution in [0.4, 0.5) is 5.69 Å². The van der Waals surface area contributed by atoms with Crippen LogP contribution >= 0.6 is 12.2 Å². The molecule has 0 aromatic heterocycles. The van der Waals surface area contributed by atoms with Crippen molar-refractivity contribution in [1.82, 2.24) is 5.32 Å². The van der Waals surface area contributed by atoms with Crippen LogP contribution in [0.1, 0.15) is 16.7 Å². The number of hydrogen-bond donors (Lipinski definition) is 1. The van der Waals surface area contributed by atoms with Crippen LogP contribution in [-0.2, 0) is 4.79 Å². The second kappa shape index (κ2) is 6.45. The van der Waals surface area contributed by atoms with E-state index < -0.39 is 0 Å². The Balaban J connectivity index is 1.91. The van der Waals surface area contributed by atoms with E-state index in [0.29, 0.717) is 10.8 Å². The monoisotopic (exact) mass is 338 g/mol. The fourth-order valence-electron chi connectivity index (χ4n) is 2.72. The number of benzene rings is 2. The molecular weight excluding hydrogens is 320 g/mol. The first kappa shape index (κ1) is 16.2. The highest BCUT2D eigenvalue weighted by Gasteiger charge is 2.32. The van der Waals surface area contributed by atoms with E-state index in [2.05, 4.69) is 11.4 Å². The highest BCUT2D eigenvalue weighted by molar-refractivity contribution is 7.80. The Hall–Kier alpha value is -2.66. The molecule has 1 amide bonds. The van der Waals surface area contributed by atoms with E-state index in [4.69, 9.17) is 17.0 Å². The van der Waals surface area contributed by atoms with Gasteiger partial charge < -0.3 is 10.1 Å². The third-order valence-corrected chi connectivity index (χ3v) is 4.05. The highest BCUT2D eigenvalue weighted by atomic mass is 32.1. The number of aryl methyl sites for hydroxylation is 2. The maximum absolute atomic E-state index is 12.7. The summed E-state index contributed by atoms with van der Waals surface area (Å²) in [7, 11) is 1.62. The normalized spacial score (nSPS) is 15.8. The SMILES string of the molecule is COc1ccc(C=C2NC(=S)N(c3cc(C)cc(C)c3)C2=O)cc1. The summed E-state index contributed by atoms with van der Waals surface area (Å²) >= 11 is 5.35. The van der Waals surface area contributed by atoms with Crippen LogP contribution in [0.15, 0.2) is 48.2 Å². The number of thiocarbonyl (C=S) groups is 1. The van der Waals surface area contributed by atoms with Gasteiger partial charge in [0.25, 0.3) is 5.91 Å². The maximum atomic E-state index is 12.7. The van der Waals surface area contributed by atoms with E-state index in [9.17, 15) is 4.79 Å². The van der Waals surface area contributed by atoms with Crippen LogP contribution in [0.5, 0.6) is 5.75 Å². The Morgan fingerprint density at radius 1 is 1.08 bits per heavy atom. The summed E-state index contributed by atoms with van der Waals surface area (Å²) in [6.07, 6.45) is 1.79. The maximum Gasteiger partial charge on any atom is 0.281 e. The van der Waals surface area contributed by atoms with Crippen LogP contribution < -0.4 is 15.0 Å². The van der Waals surface area contributed by atoms with Crippen molar-refractivity contribution >= 4 is 35.0 Å². The lowest BCUT2D eigenvalue weighted by Gasteiger charge is -2.15. The lowest BCUT2D eigenvalue weighted by Crippen LogP contribution is -2.30. The highest BCUT2D eigenvalue weighted by Crippen LogP contribution is 2.25. The van der Waals surface area contributed by atoms with E-state index in [1.807, 2.05) is 50.2 Å². The molecule has 1 fully saturated rings. The van der Waals surface area contributed by atoms with E-state index in [1.165, 1.54) is 4.90 Å². The Bertz CT molecular complexity index is 821. The van der Waals surface area contributed by atoms with E-state index in [0.717, 1.165) is 28.1 Å². The molecule has 2 aromatic rings. The van der Waals surface area contributed by atoms with E-state index >= 15 is 0 Å². The summed E-state index contributed by atoms with van der Waals surface area (Å²) < 4.78 is 5.14. The van der Waals surface area contributed by atoms with Gasteiger partial charge in [0.05, 0.1) is 12.8 Å². The van der Waals surface area contributed by atoms with Crippen molar-refractivity contribution in [3.63, 3.8) is 0 Å². The summed E-state index contributed by atoms with van der Waals surface area (Å²) in [5, 5.41) is 3.40. The molecule has 3 rings (SSSR count). The molecule has 0 bridgehead atoms. The first-order valence-electron chi connectivity index (χ1n) is 7.57. The van der Waals surface area contributed by atoms with E-state index in [1.54, 1.807) is 13.2 Å². The molecule has 0 atom stereocenters. The van der Waals surface area contributed by atoms with Crippen molar-refractivity contribution in [2.75, 3.05) is 12.0 Å². The van der Waals surface area contributed by atoms with E-state index in [-0.39, 0.29) is 5.91 Å². The van der Waals surface area contributed by atoms with Gasteiger partial charge in [-0.15, -0.1) is 0 Å². The number of nitrogens with one attached hydrogen (secondary N) is 1. The number of carbonyl (C=O) groups excluding carboxylic acids is 1. The third kappa shape index (κ3) is 3.16. The minimum Gasteiger partial charge on any atom is -0.497 e. The van der Waals surface area contributed by atoms with Gasteiger partial charge in [0, 0.05) is 0 Å². The minimum absolute atomic E-state index is 0.152. The molecule has 0 unspecified atom stereocenters. The zero-order chi connectivity index (χ0) is 17.3. The van der Waals surface area contributed by atoms with Gasteiger partial charge in [-0.3, -0.25) is 9.69 Å². The molecule has 0 saturated carbocycles. The largest absolute Gasteiger partial charge is 0.497 e. The van der Waals surface area contributed by atoms with Crippen molar-refractivity contribution in [1.29, 1.82) is 0 Å². The molecule has 0 spiro atoms. The first-order chi connectivity index (χ1) is 11.5. The van der Waals surface area contributed by atoms with Crippen LogP contribution in [0.25, 0.3) is 6.08 Å². The Morgan fingerprint density at radius 3 is 2.29 bits per heavy atom. The summed E-state index contributed by atoms with van der Waals surface area (Å²) in [6.45, 7) is 4.00. The van der Waals surface area contributed by atoms with Gasteiger partial charge in [-0.2, -0.15) is 0 Å². The molecule has 2 aromatic carbocycles. The first-order valence-corrected chi connectivity index (χ1v) is 7.98. The Kier molecular flexibility index (Phi) is 4.36. The van der Waals surface area contributed by atoms with Crippen molar-refractivity contribution in [3.05, 3.63) is 64.9 Å². The van der Waals surface area contributed by atoms with Crippen LogP contribution in [-0.4, -0.2) is 18.1 Å². The molecule has 1 heterocycles. The molecule has 122 valence electrons. The number of anilines is 1. The second-order valence-electron chi connectivity index (χ2n) is 5.75. The molecule has 5 heteroatoms. The van der Waals surface area contributed by atoms with Gasteiger partial charge in [-0.1, -0.05) is 18.2 Å². The molecule has 0 radical (unpaired) electrons. The number of nitrogens with zero attached hydrogens (tertiary/aromatic N) is 1. The van der Waals surface area contributed by atoms with Gasteiger partial charge in [-0.05, 0) is 73.1 Å². The van der Waals surface area contributed by atoms with Gasteiger partial charge in [0.1, 0.15) is 11.4 Å². The topological polar surface area (TPSA) is 41.6 Å². The Labute approximate surface area is 146 Å². The average molecular weight is 338 g/mol. The predicted molar refractivity (Wildman–Crippen MR) is 100 cm³/mol. The number of methoxy groups -OCH3 is 1. The van der Waals surface area contributed by atoms with Crippen LogP contribution in [0.2, 0.25) is 0 Å². The zero-order valence-corrected chi connectivity index (χ0v) is 14.6. The summed E-state index contributed by atoms with van der Waals surface area (Å²) in [4.78, 5) is 14.3. The Morgan fingerprint density at radius 2 is 1.71 bits per heavy atom. The summed E-state index contributed by atoms with van der Waals surface area (Å²) in [5.74, 6) is 0.621. The smallest absolute Gasteiger partial charge is 0.281 e. The number of hydrogen-bond acceptors (Lipinski definition) is 3. The number of carbonyl (C=O) groups is 1. The van der Waals surface area contributed by atoms with Gasteiger partial charge >= 0.3 is 0 Å². The quantitative estimate of drug-likeness (QED) is 0.686. The lowest BCUT2D eigenvalue weighted by molar-refractivity contribution is -0.113. The molecule has 1 aliphatic heterocycles. The average Bonchev–Trinajstić information content (AvgIpc) is 2.81.